The highest BCUT2D eigenvalue weighted by Crippen LogP contribution is 2.42. The van der Waals surface area contributed by atoms with Crippen LogP contribution in [0.2, 0.25) is 0 Å². The smallest absolute Gasteiger partial charge is 0.254 e. The van der Waals surface area contributed by atoms with E-state index in [1.54, 1.807) is 33.5 Å². The first-order valence-electron chi connectivity index (χ1n) is 12.9. The molecule has 8 nitrogen and oxygen atoms in total. The number of hydroxylamine groups is 2. The molecule has 3 heterocycles. The molecule has 0 aromatic heterocycles. The molecule has 0 unspecified atom stereocenters. The van der Waals surface area contributed by atoms with Crippen LogP contribution in [0.1, 0.15) is 47.6 Å². The van der Waals surface area contributed by atoms with E-state index in [9.17, 15) is 4.79 Å². The van der Waals surface area contributed by atoms with E-state index in [-0.39, 0.29) is 23.9 Å². The molecule has 1 amide bonds. The van der Waals surface area contributed by atoms with Crippen LogP contribution < -0.4 is 19.1 Å². The van der Waals surface area contributed by atoms with Gasteiger partial charge in [0.2, 0.25) is 5.75 Å². The molecule has 3 atom stereocenters. The minimum absolute atomic E-state index is 0.0487. The summed E-state index contributed by atoms with van der Waals surface area (Å²) < 4.78 is 16.5. The van der Waals surface area contributed by atoms with Gasteiger partial charge in [-0.2, -0.15) is 5.06 Å². The third-order valence-corrected chi connectivity index (χ3v) is 7.95. The van der Waals surface area contributed by atoms with Crippen LogP contribution >= 0.6 is 0 Å². The largest absolute Gasteiger partial charge is 0.493 e. The van der Waals surface area contributed by atoms with Gasteiger partial charge >= 0.3 is 0 Å². The van der Waals surface area contributed by atoms with Gasteiger partial charge in [0.25, 0.3) is 5.91 Å². The summed E-state index contributed by atoms with van der Waals surface area (Å²) in [6, 6.07) is 12.5. The molecule has 5 rings (SSSR count). The molecule has 3 saturated heterocycles. The molecule has 3 aliphatic heterocycles. The molecule has 0 aliphatic carbocycles. The summed E-state index contributed by atoms with van der Waals surface area (Å²) in [6.07, 6.45) is 4.63. The first-order valence-corrected chi connectivity index (χ1v) is 12.9. The van der Waals surface area contributed by atoms with Gasteiger partial charge in [-0.25, -0.2) is 0 Å². The van der Waals surface area contributed by atoms with Crippen molar-refractivity contribution in [3.8, 4) is 17.2 Å². The number of benzene rings is 2. The van der Waals surface area contributed by atoms with Crippen LogP contribution in [0.4, 0.5) is 5.69 Å². The Labute approximate surface area is 213 Å². The van der Waals surface area contributed by atoms with Crippen molar-refractivity contribution >= 4 is 11.6 Å². The summed E-state index contributed by atoms with van der Waals surface area (Å²) >= 11 is 0. The number of ether oxygens (including phenoxy) is 3. The Morgan fingerprint density at radius 3 is 2.22 bits per heavy atom. The van der Waals surface area contributed by atoms with Crippen LogP contribution in [0.25, 0.3) is 0 Å². The van der Waals surface area contributed by atoms with E-state index in [1.165, 1.54) is 24.9 Å². The van der Waals surface area contributed by atoms with Gasteiger partial charge in [0.1, 0.15) is 0 Å². The summed E-state index contributed by atoms with van der Waals surface area (Å²) in [7, 11) is 6.69. The van der Waals surface area contributed by atoms with E-state index in [4.69, 9.17) is 19.0 Å². The number of anilines is 1. The predicted molar refractivity (Wildman–Crippen MR) is 138 cm³/mol. The second kappa shape index (κ2) is 10.6. The van der Waals surface area contributed by atoms with Gasteiger partial charge in [-0.1, -0.05) is 12.1 Å². The minimum atomic E-state index is -0.0580. The van der Waals surface area contributed by atoms with Gasteiger partial charge < -0.3 is 24.0 Å². The van der Waals surface area contributed by atoms with Crippen molar-refractivity contribution in [2.75, 3.05) is 59.5 Å². The summed E-state index contributed by atoms with van der Waals surface area (Å²) in [5.41, 5.74) is 2.93. The number of hydrogen-bond acceptors (Lipinski definition) is 7. The van der Waals surface area contributed by atoms with E-state index >= 15 is 0 Å². The van der Waals surface area contributed by atoms with Crippen molar-refractivity contribution in [2.45, 2.75) is 37.8 Å². The molecule has 0 saturated carbocycles. The zero-order valence-corrected chi connectivity index (χ0v) is 21.7. The normalized spacial score (nSPS) is 24.4. The van der Waals surface area contributed by atoms with Gasteiger partial charge in [0.05, 0.1) is 34.0 Å². The van der Waals surface area contributed by atoms with Crippen molar-refractivity contribution in [2.24, 2.45) is 5.92 Å². The fraction of sp³-hybridized carbons (Fsp3) is 0.536. The number of rotatable bonds is 6. The molecule has 2 aromatic rings. The van der Waals surface area contributed by atoms with Gasteiger partial charge in [0.15, 0.2) is 11.5 Å². The van der Waals surface area contributed by atoms with Gasteiger partial charge in [-0.15, -0.1) is 0 Å². The molecule has 8 heteroatoms. The second-order valence-corrected chi connectivity index (χ2v) is 9.93. The van der Waals surface area contributed by atoms with Crippen molar-refractivity contribution < 1.29 is 23.8 Å². The Hall–Kier alpha value is -2.97. The summed E-state index contributed by atoms with van der Waals surface area (Å²) in [5.74, 6) is 1.64. The molecule has 0 radical (unpaired) electrons. The summed E-state index contributed by atoms with van der Waals surface area (Å²) in [4.78, 5) is 24.3. The average Bonchev–Trinajstić information content (AvgIpc) is 3.31. The van der Waals surface area contributed by atoms with Crippen LogP contribution in [0.3, 0.4) is 0 Å². The number of carbonyl (C=O) groups excluding carboxylic acids is 1. The van der Waals surface area contributed by atoms with Crippen LogP contribution in [0.15, 0.2) is 36.4 Å². The Bertz CT molecular complexity index is 1040. The number of amides is 1. The maximum Gasteiger partial charge on any atom is 0.254 e. The molecule has 3 aliphatic rings. The molecule has 0 spiro atoms. The molecule has 2 aromatic carbocycles. The lowest BCUT2D eigenvalue weighted by atomic mass is 9.85. The van der Waals surface area contributed by atoms with Gasteiger partial charge in [0, 0.05) is 49.9 Å². The van der Waals surface area contributed by atoms with Crippen LogP contribution in [0.5, 0.6) is 17.2 Å². The Morgan fingerprint density at radius 1 is 0.944 bits per heavy atom. The highest BCUT2D eigenvalue weighted by molar-refractivity contribution is 5.96. The fourth-order valence-electron chi connectivity index (χ4n) is 5.94. The number of likely N-dealkylation sites (tertiary alicyclic amines) is 1. The Kier molecular flexibility index (Phi) is 7.25. The highest BCUT2D eigenvalue weighted by Gasteiger charge is 2.44. The Balaban J connectivity index is 1.47. The second-order valence-electron chi connectivity index (χ2n) is 9.93. The molecule has 194 valence electrons. The first kappa shape index (κ1) is 24.7. The molecule has 36 heavy (non-hydrogen) atoms. The third-order valence-electron chi connectivity index (χ3n) is 7.95. The molecule has 0 N–H and O–H groups in total. The zero-order chi connectivity index (χ0) is 25.2. The topological polar surface area (TPSA) is 63.7 Å². The summed E-state index contributed by atoms with van der Waals surface area (Å²) in [5, 5.41) is 1.97. The maximum absolute atomic E-state index is 14.0. The van der Waals surface area contributed by atoms with E-state index in [0.717, 1.165) is 25.1 Å². The van der Waals surface area contributed by atoms with Crippen molar-refractivity contribution in [3.05, 3.63) is 47.5 Å². The zero-order valence-electron chi connectivity index (χ0n) is 21.7. The van der Waals surface area contributed by atoms with Crippen molar-refractivity contribution in [3.63, 3.8) is 0 Å². The lowest BCUT2D eigenvalue weighted by Gasteiger charge is -2.42. The Morgan fingerprint density at radius 2 is 1.61 bits per heavy atom. The number of nitrogens with zero attached hydrogens (tertiary/aromatic N) is 3. The van der Waals surface area contributed by atoms with Crippen LogP contribution in [-0.2, 0) is 4.84 Å². The number of hydrogen-bond donors (Lipinski definition) is 0. The van der Waals surface area contributed by atoms with E-state index in [1.807, 2.05) is 17.0 Å². The number of carbonyl (C=O) groups is 1. The van der Waals surface area contributed by atoms with Crippen LogP contribution in [0, 0.1) is 5.92 Å². The molecule has 0 bridgehead atoms. The lowest BCUT2D eigenvalue weighted by Crippen LogP contribution is -2.49. The lowest BCUT2D eigenvalue weighted by molar-refractivity contribution is -0.114. The predicted octanol–water partition coefficient (Wildman–Crippen LogP) is 4.15. The number of piperidine rings is 2. The van der Waals surface area contributed by atoms with Crippen molar-refractivity contribution in [1.29, 1.82) is 0 Å². The molecular weight excluding hydrogens is 458 g/mol. The number of methoxy groups -OCH3 is 3. The average molecular weight is 496 g/mol. The van der Waals surface area contributed by atoms with E-state index < -0.39 is 0 Å². The fourth-order valence-corrected chi connectivity index (χ4v) is 5.94. The summed E-state index contributed by atoms with van der Waals surface area (Å²) in [6.45, 7) is 3.48. The quantitative estimate of drug-likeness (QED) is 0.597. The van der Waals surface area contributed by atoms with E-state index in [0.29, 0.717) is 36.0 Å². The monoisotopic (exact) mass is 495 g/mol. The SMILES string of the molecule is COc1cc(C(=O)N2C[C@H]3CON(C)[C@H]3C[C@H]2c2ccc(N3CCCCC3)cc2)cc(OC)c1OC. The van der Waals surface area contributed by atoms with Crippen LogP contribution in [-0.4, -0.2) is 76.5 Å². The van der Waals surface area contributed by atoms with Gasteiger partial charge in [-0.05, 0) is 55.5 Å². The van der Waals surface area contributed by atoms with Gasteiger partial charge in [-0.3, -0.25) is 9.63 Å². The minimum Gasteiger partial charge on any atom is -0.493 e. The maximum atomic E-state index is 14.0. The molecular formula is C28H37N3O5. The standard InChI is InChI=1S/C28H37N3O5/c1-29-23-16-24(19-8-10-22(11-9-19)30-12-6-5-7-13-30)31(17-21(23)18-36-29)28(32)20-14-25(33-2)27(35-4)26(15-20)34-3/h8-11,14-15,21,23-24H,5-7,12-13,16-18H2,1-4H3/t21-,23-,24-/m0/s1. The van der Waals surface area contributed by atoms with Crippen molar-refractivity contribution in [1.82, 2.24) is 9.96 Å². The first-order chi connectivity index (χ1) is 17.5. The molecule has 3 fully saturated rings. The third kappa shape index (κ3) is 4.60. The number of fused-ring (bicyclic) bond motifs is 1. The highest BCUT2D eigenvalue weighted by atomic mass is 16.7. The van der Waals surface area contributed by atoms with E-state index in [2.05, 4.69) is 29.2 Å².